The highest BCUT2D eigenvalue weighted by Gasteiger charge is 2.17. The number of rotatable bonds is 9. The van der Waals surface area contributed by atoms with Crippen LogP contribution in [0.1, 0.15) is 56.5 Å². The van der Waals surface area contributed by atoms with Crippen LogP contribution >= 0.6 is 0 Å². The summed E-state index contributed by atoms with van der Waals surface area (Å²) in [4.78, 5) is 23.9. The average Bonchev–Trinajstić information content (AvgIpc) is 2.71. The Morgan fingerprint density at radius 2 is 1.68 bits per heavy atom. The van der Waals surface area contributed by atoms with Gasteiger partial charge in [0.05, 0.1) is 12.2 Å². The molecule has 0 amide bonds. The Labute approximate surface area is 166 Å². The molecular formula is C23H28O5. The van der Waals surface area contributed by atoms with E-state index in [0.29, 0.717) is 17.9 Å². The van der Waals surface area contributed by atoms with E-state index in [1.807, 2.05) is 31.2 Å². The molecule has 0 N–H and O–H groups in total. The van der Waals surface area contributed by atoms with Gasteiger partial charge in [0, 0.05) is 0 Å². The Morgan fingerprint density at radius 3 is 2.32 bits per heavy atom. The van der Waals surface area contributed by atoms with Crippen LogP contribution in [0.4, 0.5) is 0 Å². The van der Waals surface area contributed by atoms with Gasteiger partial charge in [0.15, 0.2) is 6.61 Å². The molecule has 0 aliphatic rings. The number of benzene rings is 2. The monoisotopic (exact) mass is 384 g/mol. The molecule has 0 heterocycles. The zero-order chi connectivity index (χ0) is 20.6. The fourth-order valence-electron chi connectivity index (χ4n) is 2.47. The average molecular weight is 384 g/mol. The molecule has 0 radical (unpaired) electrons. The predicted molar refractivity (Wildman–Crippen MR) is 108 cm³/mol. The molecule has 0 bridgehead atoms. The molecule has 2 rings (SSSR count). The molecule has 5 heteroatoms. The molecule has 0 aromatic heterocycles. The van der Waals surface area contributed by atoms with Crippen LogP contribution < -0.4 is 9.47 Å². The molecule has 150 valence electrons. The highest BCUT2D eigenvalue weighted by Crippen LogP contribution is 2.28. The van der Waals surface area contributed by atoms with Crippen LogP contribution in [0.3, 0.4) is 0 Å². The molecule has 0 aliphatic carbocycles. The fourth-order valence-corrected chi connectivity index (χ4v) is 2.47. The van der Waals surface area contributed by atoms with Crippen molar-refractivity contribution in [2.75, 3.05) is 13.2 Å². The van der Waals surface area contributed by atoms with E-state index in [-0.39, 0.29) is 17.8 Å². The topological polar surface area (TPSA) is 61.8 Å². The summed E-state index contributed by atoms with van der Waals surface area (Å²) < 4.78 is 15.8. The summed E-state index contributed by atoms with van der Waals surface area (Å²) in [5.41, 5.74) is 1.66. The molecule has 5 nitrogen and oxygen atoms in total. The van der Waals surface area contributed by atoms with Gasteiger partial charge in [0.2, 0.25) is 0 Å². The Hall–Kier alpha value is -2.82. The Morgan fingerprint density at radius 1 is 0.964 bits per heavy atom. The van der Waals surface area contributed by atoms with Crippen LogP contribution in [-0.4, -0.2) is 25.2 Å². The van der Waals surface area contributed by atoms with Gasteiger partial charge in [-0.1, -0.05) is 45.9 Å². The summed E-state index contributed by atoms with van der Waals surface area (Å²) in [5, 5.41) is 0. The van der Waals surface area contributed by atoms with E-state index in [2.05, 4.69) is 20.8 Å². The van der Waals surface area contributed by atoms with Crippen LogP contribution in [0.5, 0.6) is 11.5 Å². The molecule has 0 saturated carbocycles. The van der Waals surface area contributed by atoms with E-state index in [9.17, 15) is 9.59 Å². The second kappa shape index (κ2) is 9.93. The van der Waals surface area contributed by atoms with E-state index in [1.165, 1.54) is 11.6 Å². The second-order valence-electron chi connectivity index (χ2n) is 7.19. The minimum atomic E-state index is -0.544. The molecular weight excluding hydrogens is 356 g/mol. The van der Waals surface area contributed by atoms with E-state index in [4.69, 9.17) is 14.2 Å². The Kier molecular flexibility index (Phi) is 7.61. The summed E-state index contributed by atoms with van der Waals surface area (Å²) in [7, 11) is 0. The third-order valence-electron chi connectivity index (χ3n) is 4.62. The first-order valence-corrected chi connectivity index (χ1v) is 9.57. The number of carbonyl (C=O) groups excluding carboxylic acids is 2. The van der Waals surface area contributed by atoms with Gasteiger partial charge in [-0.05, 0) is 54.2 Å². The lowest BCUT2D eigenvalue weighted by atomic mass is 9.82. The van der Waals surface area contributed by atoms with Crippen LogP contribution in [0.2, 0.25) is 0 Å². The zero-order valence-corrected chi connectivity index (χ0v) is 17.0. The lowest BCUT2D eigenvalue weighted by Crippen LogP contribution is -2.18. The first-order chi connectivity index (χ1) is 13.4. The SMILES string of the molecule is CCCOC(=O)c1cccc(OC(=O)COc2ccc(C(C)(C)CC)cc2)c1. The van der Waals surface area contributed by atoms with Crippen LogP contribution in [-0.2, 0) is 14.9 Å². The van der Waals surface area contributed by atoms with Crippen molar-refractivity contribution < 1.29 is 23.8 Å². The van der Waals surface area contributed by atoms with Crippen LogP contribution in [0.15, 0.2) is 48.5 Å². The Balaban J connectivity index is 1.90. The van der Waals surface area contributed by atoms with Gasteiger partial charge >= 0.3 is 11.9 Å². The van der Waals surface area contributed by atoms with Gasteiger partial charge in [-0.2, -0.15) is 0 Å². The number of hydrogen-bond donors (Lipinski definition) is 0. The first kappa shape index (κ1) is 21.5. The number of esters is 2. The van der Waals surface area contributed by atoms with Gasteiger partial charge < -0.3 is 14.2 Å². The molecule has 0 fully saturated rings. The number of hydrogen-bond acceptors (Lipinski definition) is 5. The third kappa shape index (κ3) is 6.12. The minimum absolute atomic E-state index is 0.0980. The zero-order valence-electron chi connectivity index (χ0n) is 17.0. The van der Waals surface area contributed by atoms with Crippen LogP contribution in [0.25, 0.3) is 0 Å². The van der Waals surface area contributed by atoms with Gasteiger partial charge in [-0.3, -0.25) is 0 Å². The summed E-state index contributed by atoms with van der Waals surface area (Å²) >= 11 is 0. The summed E-state index contributed by atoms with van der Waals surface area (Å²) in [6.07, 6.45) is 1.78. The van der Waals surface area contributed by atoms with Gasteiger partial charge in [-0.15, -0.1) is 0 Å². The number of ether oxygens (including phenoxy) is 3. The maximum Gasteiger partial charge on any atom is 0.349 e. The molecule has 28 heavy (non-hydrogen) atoms. The molecule has 2 aromatic rings. The van der Waals surface area contributed by atoms with E-state index in [0.717, 1.165) is 12.8 Å². The van der Waals surface area contributed by atoms with Gasteiger partial charge in [0.1, 0.15) is 11.5 Å². The molecule has 0 spiro atoms. The van der Waals surface area contributed by atoms with Gasteiger partial charge in [-0.25, -0.2) is 9.59 Å². The highest BCUT2D eigenvalue weighted by atomic mass is 16.6. The number of carbonyl (C=O) groups is 2. The normalized spacial score (nSPS) is 11.0. The van der Waals surface area contributed by atoms with Crippen molar-refractivity contribution in [1.82, 2.24) is 0 Å². The van der Waals surface area contributed by atoms with Crippen molar-refractivity contribution in [1.29, 1.82) is 0 Å². The molecule has 0 unspecified atom stereocenters. The largest absolute Gasteiger partial charge is 0.482 e. The summed E-state index contributed by atoms with van der Waals surface area (Å²) in [6, 6.07) is 14.1. The van der Waals surface area contributed by atoms with Crippen molar-refractivity contribution in [2.24, 2.45) is 0 Å². The van der Waals surface area contributed by atoms with Gasteiger partial charge in [0.25, 0.3) is 0 Å². The second-order valence-corrected chi connectivity index (χ2v) is 7.19. The summed E-state index contributed by atoms with van der Waals surface area (Å²) in [6.45, 7) is 8.58. The fraction of sp³-hybridized carbons (Fsp3) is 0.391. The minimum Gasteiger partial charge on any atom is -0.482 e. The first-order valence-electron chi connectivity index (χ1n) is 9.57. The molecule has 2 aromatic carbocycles. The maximum atomic E-state index is 12.0. The van der Waals surface area contributed by atoms with Crippen molar-refractivity contribution in [3.05, 3.63) is 59.7 Å². The summed E-state index contributed by atoms with van der Waals surface area (Å²) in [5.74, 6) is -0.104. The van der Waals surface area contributed by atoms with E-state index in [1.54, 1.807) is 18.2 Å². The van der Waals surface area contributed by atoms with Crippen molar-refractivity contribution in [3.63, 3.8) is 0 Å². The van der Waals surface area contributed by atoms with E-state index >= 15 is 0 Å². The maximum absolute atomic E-state index is 12.0. The molecule has 0 aliphatic heterocycles. The lowest BCUT2D eigenvalue weighted by molar-refractivity contribution is -0.136. The van der Waals surface area contributed by atoms with Crippen molar-refractivity contribution in [3.8, 4) is 11.5 Å². The standard InChI is InChI=1S/C23H28O5/c1-5-14-26-22(25)17-8-7-9-20(15-17)28-21(24)16-27-19-12-10-18(11-13-19)23(3,4)6-2/h7-13,15H,5-6,14,16H2,1-4H3. The van der Waals surface area contributed by atoms with Crippen molar-refractivity contribution >= 4 is 11.9 Å². The lowest BCUT2D eigenvalue weighted by Gasteiger charge is -2.23. The Bertz CT molecular complexity index is 793. The van der Waals surface area contributed by atoms with Crippen molar-refractivity contribution in [2.45, 2.75) is 46.0 Å². The van der Waals surface area contributed by atoms with E-state index < -0.39 is 11.9 Å². The third-order valence-corrected chi connectivity index (χ3v) is 4.62. The molecule has 0 atom stereocenters. The smallest absolute Gasteiger partial charge is 0.349 e. The quantitative estimate of drug-likeness (QED) is 0.453. The molecule has 0 saturated heterocycles. The van der Waals surface area contributed by atoms with Crippen LogP contribution in [0, 0.1) is 0 Å². The highest BCUT2D eigenvalue weighted by molar-refractivity contribution is 5.90. The predicted octanol–water partition coefficient (Wildman–Crippen LogP) is 4.93.